The monoisotopic (exact) mass is 385 g/mol. The second-order valence-electron chi connectivity index (χ2n) is 5.37. The standard InChI is InChI=1S/C18H16ClN5OS/c1-24-17(14-7-3-2-4-8-14)22-23-18(24)26-12-16(25)21-20-11-13-6-5-9-15(19)10-13/h2-11H,12H2,1H3,(H,21,25). The Morgan fingerprint density at radius 2 is 2.04 bits per heavy atom. The molecule has 8 heteroatoms. The summed E-state index contributed by atoms with van der Waals surface area (Å²) in [4.78, 5) is 11.9. The number of nitrogens with one attached hydrogen (secondary N) is 1. The van der Waals surface area contributed by atoms with Gasteiger partial charge in [0, 0.05) is 17.6 Å². The van der Waals surface area contributed by atoms with Crippen molar-refractivity contribution >= 4 is 35.5 Å². The number of nitrogens with zero attached hydrogens (tertiary/aromatic N) is 4. The maximum Gasteiger partial charge on any atom is 0.250 e. The van der Waals surface area contributed by atoms with E-state index in [1.165, 1.54) is 11.8 Å². The molecule has 3 rings (SSSR count). The number of hydrogen-bond acceptors (Lipinski definition) is 5. The molecule has 0 spiro atoms. The summed E-state index contributed by atoms with van der Waals surface area (Å²) >= 11 is 7.20. The molecule has 2 aromatic carbocycles. The maximum absolute atomic E-state index is 11.9. The fraction of sp³-hybridized carbons (Fsp3) is 0.111. The molecule has 0 saturated heterocycles. The van der Waals surface area contributed by atoms with Gasteiger partial charge in [-0.3, -0.25) is 4.79 Å². The van der Waals surface area contributed by atoms with E-state index in [-0.39, 0.29) is 11.7 Å². The first-order chi connectivity index (χ1) is 12.6. The lowest BCUT2D eigenvalue weighted by Crippen LogP contribution is -2.19. The van der Waals surface area contributed by atoms with E-state index in [1.54, 1.807) is 18.3 Å². The van der Waals surface area contributed by atoms with Crippen LogP contribution in [0, 0.1) is 0 Å². The van der Waals surface area contributed by atoms with Crippen LogP contribution >= 0.6 is 23.4 Å². The maximum atomic E-state index is 11.9. The number of amides is 1. The van der Waals surface area contributed by atoms with Crippen molar-refractivity contribution in [1.82, 2.24) is 20.2 Å². The van der Waals surface area contributed by atoms with Crippen LogP contribution in [0.25, 0.3) is 11.4 Å². The van der Waals surface area contributed by atoms with Crippen LogP contribution in [0.1, 0.15) is 5.56 Å². The van der Waals surface area contributed by atoms with Crippen LogP contribution in [0.5, 0.6) is 0 Å². The number of hydrazone groups is 1. The minimum absolute atomic E-state index is 0.188. The molecule has 0 radical (unpaired) electrons. The van der Waals surface area contributed by atoms with Crippen LogP contribution in [-0.4, -0.2) is 32.6 Å². The minimum Gasteiger partial charge on any atom is -0.305 e. The highest BCUT2D eigenvalue weighted by Gasteiger charge is 2.12. The van der Waals surface area contributed by atoms with Crippen LogP contribution in [0.15, 0.2) is 64.9 Å². The molecule has 0 aliphatic rings. The molecular formula is C18H16ClN5OS. The van der Waals surface area contributed by atoms with Gasteiger partial charge in [0.05, 0.1) is 12.0 Å². The van der Waals surface area contributed by atoms with Crippen molar-refractivity contribution in [2.24, 2.45) is 12.1 Å². The van der Waals surface area contributed by atoms with Crippen molar-refractivity contribution in [2.75, 3.05) is 5.75 Å². The number of benzene rings is 2. The van der Waals surface area contributed by atoms with E-state index in [2.05, 4.69) is 20.7 Å². The normalized spacial score (nSPS) is 11.0. The molecule has 0 aliphatic carbocycles. The van der Waals surface area contributed by atoms with Crippen LogP contribution in [-0.2, 0) is 11.8 Å². The lowest BCUT2D eigenvalue weighted by Gasteiger charge is -2.03. The molecule has 0 fully saturated rings. The molecule has 1 aromatic heterocycles. The summed E-state index contributed by atoms with van der Waals surface area (Å²) < 4.78 is 1.86. The van der Waals surface area contributed by atoms with Crippen LogP contribution in [0.4, 0.5) is 0 Å². The molecule has 0 saturated carbocycles. The molecule has 0 bridgehead atoms. The van der Waals surface area contributed by atoms with Crippen molar-refractivity contribution in [3.8, 4) is 11.4 Å². The van der Waals surface area contributed by atoms with E-state index in [0.717, 1.165) is 17.0 Å². The fourth-order valence-electron chi connectivity index (χ4n) is 2.21. The van der Waals surface area contributed by atoms with Gasteiger partial charge in [-0.2, -0.15) is 5.10 Å². The Hall–Kier alpha value is -2.64. The number of thioether (sulfide) groups is 1. The van der Waals surface area contributed by atoms with E-state index < -0.39 is 0 Å². The summed E-state index contributed by atoms with van der Waals surface area (Å²) in [5.41, 5.74) is 4.28. The summed E-state index contributed by atoms with van der Waals surface area (Å²) in [7, 11) is 1.87. The Bertz CT molecular complexity index is 926. The summed E-state index contributed by atoms with van der Waals surface area (Å²) in [6.45, 7) is 0. The highest BCUT2D eigenvalue weighted by molar-refractivity contribution is 7.99. The average molecular weight is 386 g/mol. The van der Waals surface area contributed by atoms with Gasteiger partial charge in [-0.15, -0.1) is 10.2 Å². The largest absolute Gasteiger partial charge is 0.305 e. The van der Waals surface area contributed by atoms with Crippen molar-refractivity contribution < 1.29 is 4.79 Å². The van der Waals surface area contributed by atoms with E-state index in [0.29, 0.717) is 10.2 Å². The Kier molecular flexibility index (Phi) is 6.04. The summed E-state index contributed by atoms with van der Waals surface area (Å²) in [5.74, 6) is 0.721. The number of carbonyl (C=O) groups is 1. The van der Waals surface area contributed by atoms with E-state index in [4.69, 9.17) is 11.6 Å². The molecule has 0 aliphatic heterocycles. The zero-order chi connectivity index (χ0) is 18.4. The smallest absolute Gasteiger partial charge is 0.250 e. The molecule has 1 heterocycles. The predicted octanol–water partition coefficient (Wildman–Crippen LogP) is 3.38. The van der Waals surface area contributed by atoms with Crippen LogP contribution in [0.2, 0.25) is 5.02 Å². The van der Waals surface area contributed by atoms with Gasteiger partial charge in [-0.1, -0.05) is 65.8 Å². The second-order valence-corrected chi connectivity index (χ2v) is 6.75. The van der Waals surface area contributed by atoms with Gasteiger partial charge in [0.1, 0.15) is 0 Å². The zero-order valence-electron chi connectivity index (χ0n) is 14.0. The van der Waals surface area contributed by atoms with E-state index in [1.807, 2.05) is 54.1 Å². The van der Waals surface area contributed by atoms with Gasteiger partial charge in [0.2, 0.25) is 0 Å². The van der Waals surface area contributed by atoms with Crippen LogP contribution in [0.3, 0.4) is 0 Å². The molecule has 1 amide bonds. The lowest BCUT2D eigenvalue weighted by molar-refractivity contribution is -0.118. The van der Waals surface area contributed by atoms with E-state index in [9.17, 15) is 4.79 Å². The number of halogens is 1. The highest BCUT2D eigenvalue weighted by Crippen LogP contribution is 2.22. The topological polar surface area (TPSA) is 72.2 Å². The van der Waals surface area contributed by atoms with Gasteiger partial charge in [0.25, 0.3) is 5.91 Å². The van der Waals surface area contributed by atoms with Gasteiger partial charge in [0.15, 0.2) is 11.0 Å². The SMILES string of the molecule is Cn1c(SCC(=O)NN=Cc2cccc(Cl)c2)nnc1-c1ccccc1. The summed E-state index contributed by atoms with van der Waals surface area (Å²) in [6, 6.07) is 17.0. The molecule has 26 heavy (non-hydrogen) atoms. The zero-order valence-corrected chi connectivity index (χ0v) is 15.5. The second kappa shape index (κ2) is 8.64. The summed E-state index contributed by atoms with van der Waals surface area (Å²) in [5, 5.41) is 13.6. The van der Waals surface area contributed by atoms with Gasteiger partial charge in [-0.05, 0) is 17.7 Å². The van der Waals surface area contributed by atoms with Gasteiger partial charge >= 0.3 is 0 Å². The van der Waals surface area contributed by atoms with Crippen LogP contribution < -0.4 is 5.43 Å². The van der Waals surface area contributed by atoms with Gasteiger partial charge in [-0.25, -0.2) is 5.43 Å². The molecule has 6 nitrogen and oxygen atoms in total. The first-order valence-corrected chi connectivity index (χ1v) is 9.15. The third kappa shape index (κ3) is 4.71. The molecule has 1 N–H and O–H groups in total. The molecule has 0 unspecified atom stereocenters. The Morgan fingerprint density at radius 1 is 1.23 bits per heavy atom. The minimum atomic E-state index is -0.225. The average Bonchev–Trinajstić information content (AvgIpc) is 3.01. The molecule has 3 aromatic rings. The van der Waals surface area contributed by atoms with E-state index >= 15 is 0 Å². The number of rotatable bonds is 6. The Balaban J connectivity index is 1.54. The first kappa shape index (κ1) is 18.2. The van der Waals surface area contributed by atoms with Crippen molar-refractivity contribution in [1.29, 1.82) is 0 Å². The van der Waals surface area contributed by atoms with Crippen molar-refractivity contribution in [2.45, 2.75) is 5.16 Å². The first-order valence-electron chi connectivity index (χ1n) is 7.78. The predicted molar refractivity (Wildman–Crippen MR) is 104 cm³/mol. The fourth-order valence-corrected chi connectivity index (χ4v) is 3.11. The van der Waals surface area contributed by atoms with Gasteiger partial charge < -0.3 is 4.57 Å². The third-order valence-electron chi connectivity index (χ3n) is 3.45. The molecular weight excluding hydrogens is 370 g/mol. The Labute approximate surface area is 160 Å². The van der Waals surface area contributed by atoms with Crippen molar-refractivity contribution in [3.63, 3.8) is 0 Å². The molecule has 132 valence electrons. The number of carbonyl (C=O) groups excluding carboxylic acids is 1. The highest BCUT2D eigenvalue weighted by atomic mass is 35.5. The molecule has 0 atom stereocenters. The summed E-state index contributed by atoms with van der Waals surface area (Å²) in [6.07, 6.45) is 1.55. The Morgan fingerprint density at radius 3 is 2.81 bits per heavy atom. The quantitative estimate of drug-likeness (QED) is 0.401. The lowest BCUT2D eigenvalue weighted by atomic mass is 10.2. The number of aromatic nitrogens is 3. The van der Waals surface area contributed by atoms with Crippen molar-refractivity contribution in [3.05, 3.63) is 65.2 Å². The number of hydrogen-bond donors (Lipinski definition) is 1. The third-order valence-corrected chi connectivity index (χ3v) is 4.71.